The molecule has 0 fully saturated rings. The molecule has 0 bridgehead atoms. The van der Waals surface area contributed by atoms with E-state index in [0.717, 1.165) is 22.1 Å². The molecule has 1 amide bonds. The number of aryl methyl sites for hydroxylation is 1. The smallest absolute Gasteiger partial charge is 0.294 e. The van der Waals surface area contributed by atoms with Crippen molar-refractivity contribution in [1.29, 1.82) is 0 Å². The second-order valence-corrected chi connectivity index (χ2v) is 12.4. The van der Waals surface area contributed by atoms with Gasteiger partial charge in [0.05, 0.1) is 29.1 Å². The van der Waals surface area contributed by atoms with Crippen LogP contribution in [0.1, 0.15) is 5.56 Å². The van der Waals surface area contributed by atoms with Crippen LogP contribution in [-0.4, -0.2) is 71.4 Å². The molecule has 0 radical (unpaired) electrons. The number of benzene rings is 3. The number of amidine groups is 1. The molecule has 3 aromatic rings. The number of nitrogens with one attached hydrogen (secondary N) is 1. The van der Waals surface area contributed by atoms with Gasteiger partial charge in [0, 0.05) is 26.8 Å². The number of fused-ring (bicyclic) bond motifs is 1. The number of anilines is 2. The Morgan fingerprint density at radius 2 is 1.80 bits per heavy atom. The summed E-state index contributed by atoms with van der Waals surface area (Å²) in [5, 5.41) is 2.53. The van der Waals surface area contributed by atoms with Crippen LogP contribution < -0.4 is 15.0 Å². The average Bonchev–Trinajstić information content (AvgIpc) is 2.89. The lowest BCUT2D eigenvalue weighted by molar-refractivity contribution is -0.110. The van der Waals surface area contributed by atoms with E-state index in [9.17, 15) is 26.2 Å². The Morgan fingerprint density at radius 3 is 2.42 bits per heavy atom. The van der Waals surface area contributed by atoms with Gasteiger partial charge in [0.25, 0.3) is 26.0 Å². The number of carbonyl (C=O) groups excluding carboxylic acids is 1. The van der Waals surface area contributed by atoms with Crippen molar-refractivity contribution in [2.75, 3.05) is 38.5 Å². The van der Waals surface area contributed by atoms with E-state index in [1.165, 1.54) is 32.4 Å². The molecule has 0 atom stereocenters. The lowest BCUT2D eigenvalue weighted by Gasteiger charge is -2.27. The highest BCUT2D eigenvalue weighted by Gasteiger charge is 2.36. The van der Waals surface area contributed by atoms with Crippen molar-refractivity contribution >= 4 is 60.3 Å². The summed E-state index contributed by atoms with van der Waals surface area (Å²) in [4.78, 5) is 24.1. The number of hydrogen-bond acceptors (Lipinski definition) is 9. The summed E-state index contributed by atoms with van der Waals surface area (Å²) < 4.78 is 65.7. The van der Waals surface area contributed by atoms with Crippen LogP contribution in [0.3, 0.4) is 0 Å². The molecule has 14 heteroatoms. The molecule has 1 aliphatic heterocycles. The SMILES string of the molecule is COc1ccc(S(=O)(=O)O)cc1NC(=O)/C(=N\c1ccc(N(C)C)cc1C)C1=Nc2ccccc2S(=O)(=O)N1C. The van der Waals surface area contributed by atoms with Gasteiger partial charge in [-0.15, -0.1) is 0 Å². The highest BCUT2D eigenvalue weighted by Crippen LogP contribution is 2.33. The summed E-state index contributed by atoms with van der Waals surface area (Å²) in [5.41, 5.74) is 1.63. The summed E-state index contributed by atoms with van der Waals surface area (Å²) in [5.74, 6) is -1.07. The fourth-order valence-electron chi connectivity index (χ4n) is 3.91. The summed E-state index contributed by atoms with van der Waals surface area (Å²) in [7, 11) is -2.37. The van der Waals surface area contributed by atoms with Gasteiger partial charge in [-0.1, -0.05) is 12.1 Å². The number of carbonyl (C=O) groups is 1. The van der Waals surface area contributed by atoms with Gasteiger partial charge in [0.1, 0.15) is 10.6 Å². The fraction of sp³-hybridized carbons (Fsp3) is 0.192. The molecule has 4 rings (SSSR count). The van der Waals surface area contributed by atoms with Crippen molar-refractivity contribution in [3.05, 3.63) is 66.2 Å². The second-order valence-electron chi connectivity index (χ2n) is 8.99. The highest BCUT2D eigenvalue weighted by atomic mass is 32.2. The Kier molecular flexibility index (Phi) is 7.70. The molecule has 0 saturated carbocycles. The monoisotopic (exact) mass is 585 g/mol. The van der Waals surface area contributed by atoms with Gasteiger partial charge in [-0.3, -0.25) is 13.7 Å². The number of sulfonamides is 1. The van der Waals surface area contributed by atoms with Crippen molar-refractivity contribution in [2.45, 2.75) is 16.7 Å². The molecular weight excluding hydrogens is 558 g/mol. The third-order valence-corrected chi connectivity index (χ3v) is 8.75. The zero-order valence-electron chi connectivity index (χ0n) is 22.3. The van der Waals surface area contributed by atoms with Crippen LogP contribution in [-0.2, 0) is 24.9 Å². The maximum absolute atomic E-state index is 13.8. The van der Waals surface area contributed by atoms with Crippen molar-refractivity contribution in [3.63, 3.8) is 0 Å². The number of ether oxygens (including phenoxy) is 1. The number of rotatable bonds is 7. The van der Waals surface area contributed by atoms with Crippen LogP contribution in [0, 0.1) is 6.92 Å². The summed E-state index contributed by atoms with van der Waals surface area (Å²) in [6, 6.07) is 14.8. The van der Waals surface area contributed by atoms with E-state index in [-0.39, 0.29) is 33.6 Å². The lowest BCUT2D eigenvalue weighted by Crippen LogP contribution is -2.44. The minimum atomic E-state index is -4.60. The number of hydrogen-bond donors (Lipinski definition) is 2. The van der Waals surface area contributed by atoms with Gasteiger partial charge in [0.2, 0.25) is 0 Å². The third-order valence-electron chi connectivity index (χ3n) is 6.10. The summed E-state index contributed by atoms with van der Waals surface area (Å²) in [6.45, 7) is 1.79. The van der Waals surface area contributed by atoms with Gasteiger partial charge in [0.15, 0.2) is 11.5 Å². The van der Waals surface area contributed by atoms with Gasteiger partial charge >= 0.3 is 0 Å². The van der Waals surface area contributed by atoms with Crippen molar-refractivity contribution in [2.24, 2.45) is 9.98 Å². The predicted octanol–water partition coefficient (Wildman–Crippen LogP) is 3.39. The van der Waals surface area contributed by atoms with Crippen molar-refractivity contribution in [1.82, 2.24) is 4.31 Å². The molecule has 2 N–H and O–H groups in total. The molecule has 40 heavy (non-hydrogen) atoms. The standard InChI is InChI=1S/C26H27N5O7S2/c1-16-14-17(30(2)3)10-12-19(16)27-24(25-28-20-8-6-7-9-23(20)39(33,34)31(25)4)26(32)29-21-15-18(40(35,36)37)11-13-22(21)38-5/h6-15H,1-5H3,(H,29,32)(H,35,36,37)/b27-24-. The van der Waals surface area contributed by atoms with Gasteiger partial charge < -0.3 is 15.0 Å². The molecule has 0 unspecified atom stereocenters. The minimum absolute atomic E-state index is 0.0324. The average molecular weight is 586 g/mol. The summed E-state index contributed by atoms with van der Waals surface area (Å²) >= 11 is 0. The van der Waals surface area contributed by atoms with E-state index >= 15 is 0 Å². The minimum Gasteiger partial charge on any atom is -0.495 e. The number of aliphatic imine (C=N–C) groups is 2. The van der Waals surface area contributed by atoms with Crippen molar-refractivity contribution in [3.8, 4) is 5.75 Å². The molecule has 0 spiro atoms. The van der Waals surface area contributed by atoms with Crippen LogP contribution in [0.25, 0.3) is 0 Å². The Labute approximate surface area is 232 Å². The molecule has 0 saturated heterocycles. The van der Waals surface area contributed by atoms with Crippen LogP contribution in [0.2, 0.25) is 0 Å². The topological polar surface area (TPSA) is 158 Å². The van der Waals surface area contributed by atoms with E-state index in [4.69, 9.17) is 4.74 Å². The molecule has 210 valence electrons. The number of amides is 1. The zero-order chi connectivity index (χ0) is 29.4. The van der Waals surface area contributed by atoms with Crippen molar-refractivity contribution < 1.29 is 30.9 Å². The van der Waals surface area contributed by atoms with Gasteiger partial charge in [-0.05, 0) is 61.0 Å². The number of nitrogens with zero attached hydrogens (tertiary/aromatic N) is 4. The van der Waals surface area contributed by atoms with Gasteiger partial charge in [-0.25, -0.2) is 18.4 Å². The van der Waals surface area contributed by atoms with Crippen LogP contribution >= 0.6 is 0 Å². The van der Waals surface area contributed by atoms with E-state index in [1.807, 2.05) is 25.1 Å². The first-order valence-corrected chi connectivity index (χ1v) is 14.6. The molecule has 12 nitrogen and oxygen atoms in total. The maximum Gasteiger partial charge on any atom is 0.294 e. The molecule has 0 aliphatic carbocycles. The first-order chi connectivity index (χ1) is 18.7. The molecular formula is C26H27N5O7S2. The largest absolute Gasteiger partial charge is 0.495 e. The van der Waals surface area contributed by atoms with Crippen LogP contribution in [0.15, 0.2) is 80.4 Å². The predicted molar refractivity (Wildman–Crippen MR) is 153 cm³/mol. The fourth-order valence-corrected chi connectivity index (χ4v) is 5.69. The third kappa shape index (κ3) is 5.54. The summed E-state index contributed by atoms with van der Waals surface area (Å²) in [6.07, 6.45) is 0. The molecule has 1 aliphatic rings. The normalized spacial score (nSPS) is 14.7. The van der Waals surface area contributed by atoms with Gasteiger partial charge in [-0.2, -0.15) is 8.42 Å². The highest BCUT2D eigenvalue weighted by molar-refractivity contribution is 7.90. The Hall–Kier alpha value is -4.27. The van der Waals surface area contributed by atoms with E-state index in [2.05, 4.69) is 15.3 Å². The van der Waals surface area contributed by atoms with Crippen LogP contribution in [0.5, 0.6) is 5.75 Å². The van der Waals surface area contributed by atoms with E-state index in [0.29, 0.717) is 11.3 Å². The second kappa shape index (κ2) is 10.7. The first-order valence-electron chi connectivity index (χ1n) is 11.7. The van der Waals surface area contributed by atoms with E-state index in [1.54, 1.807) is 31.2 Å². The van der Waals surface area contributed by atoms with E-state index < -0.39 is 30.9 Å². The first kappa shape index (κ1) is 28.7. The number of methoxy groups -OCH3 is 1. The lowest BCUT2D eigenvalue weighted by atomic mass is 10.1. The zero-order valence-corrected chi connectivity index (χ0v) is 23.9. The molecule has 3 aromatic carbocycles. The van der Waals surface area contributed by atoms with Crippen LogP contribution in [0.4, 0.5) is 22.7 Å². The molecule has 0 aromatic heterocycles. The Balaban J connectivity index is 1.91. The Morgan fingerprint density at radius 1 is 1.10 bits per heavy atom. The quantitative estimate of drug-likeness (QED) is 0.315. The molecule has 1 heterocycles. The number of para-hydroxylation sites is 1. The Bertz CT molecular complexity index is 1780. The maximum atomic E-state index is 13.8.